The highest BCUT2D eigenvalue weighted by Gasteiger charge is 2.32. The van der Waals surface area contributed by atoms with Crippen molar-refractivity contribution in [2.45, 2.75) is 45.1 Å². The van der Waals surface area contributed by atoms with Crippen LogP contribution >= 0.6 is 24.0 Å². The van der Waals surface area contributed by atoms with Gasteiger partial charge in [0.25, 0.3) is 0 Å². The summed E-state index contributed by atoms with van der Waals surface area (Å²) < 4.78 is 0. The topological polar surface area (TPSA) is 42.9 Å². The van der Waals surface area contributed by atoms with Crippen molar-refractivity contribution in [1.29, 1.82) is 0 Å². The van der Waals surface area contributed by atoms with E-state index in [0.717, 1.165) is 32.1 Å². The molecule has 0 spiro atoms. The van der Waals surface area contributed by atoms with Gasteiger partial charge in [-0.2, -0.15) is 0 Å². The molecule has 0 amide bonds. The smallest absolute Gasteiger partial charge is 0.191 e. The van der Waals surface area contributed by atoms with Crippen molar-refractivity contribution in [2.75, 3.05) is 53.9 Å². The second kappa shape index (κ2) is 10.0. The van der Waals surface area contributed by atoms with Gasteiger partial charge in [-0.1, -0.05) is 19.8 Å². The lowest BCUT2D eigenvalue weighted by Gasteiger charge is -2.38. The number of nitrogens with one attached hydrogen (secondary N) is 2. The zero-order valence-corrected chi connectivity index (χ0v) is 17.7. The van der Waals surface area contributed by atoms with Crippen molar-refractivity contribution in [1.82, 2.24) is 20.4 Å². The highest BCUT2D eigenvalue weighted by molar-refractivity contribution is 14.0. The highest BCUT2D eigenvalue weighted by atomic mass is 127. The number of piperazine rings is 1. The average molecular weight is 437 g/mol. The third kappa shape index (κ3) is 6.05. The number of likely N-dealkylation sites (N-methyl/N-ethyl adjacent to an activating group) is 2. The zero-order valence-electron chi connectivity index (χ0n) is 15.4. The number of aliphatic imine (C=N–C) groups is 1. The van der Waals surface area contributed by atoms with Gasteiger partial charge in [-0.15, -0.1) is 24.0 Å². The largest absolute Gasteiger partial charge is 0.356 e. The normalized spacial score (nSPS) is 25.9. The predicted octanol–water partition coefficient (Wildman–Crippen LogP) is 1.99. The number of hydrogen-bond donors (Lipinski definition) is 2. The van der Waals surface area contributed by atoms with Crippen LogP contribution in [0.1, 0.15) is 39.0 Å². The van der Waals surface area contributed by atoms with E-state index < -0.39 is 0 Å². The Morgan fingerprint density at radius 2 is 1.87 bits per heavy atom. The molecule has 0 aromatic rings. The van der Waals surface area contributed by atoms with Crippen molar-refractivity contribution in [3.05, 3.63) is 0 Å². The second-order valence-electron chi connectivity index (χ2n) is 7.26. The summed E-state index contributed by atoms with van der Waals surface area (Å²) >= 11 is 0. The minimum absolute atomic E-state index is 0. The molecular weight excluding hydrogens is 401 g/mol. The summed E-state index contributed by atoms with van der Waals surface area (Å²) in [5.41, 5.74) is 0.499. The van der Waals surface area contributed by atoms with Gasteiger partial charge in [-0.05, 0) is 38.8 Å². The number of rotatable bonds is 5. The van der Waals surface area contributed by atoms with Gasteiger partial charge >= 0.3 is 0 Å². The predicted molar refractivity (Wildman–Crippen MR) is 110 cm³/mol. The second-order valence-corrected chi connectivity index (χ2v) is 7.26. The third-order valence-corrected chi connectivity index (χ3v) is 5.75. The first kappa shape index (κ1) is 21.0. The molecule has 0 bridgehead atoms. The summed E-state index contributed by atoms with van der Waals surface area (Å²) in [6.45, 7) is 7.78. The number of guanidine groups is 1. The maximum Gasteiger partial charge on any atom is 0.191 e. The fourth-order valence-electron chi connectivity index (χ4n) is 3.81. The van der Waals surface area contributed by atoms with Gasteiger partial charge < -0.3 is 15.5 Å². The van der Waals surface area contributed by atoms with Gasteiger partial charge in [0.05, 0.1) is 0 Å². The van der Waals surface area contributed by atoms with Crippen molar-refractivity contribution < 1.29 is 0 Å². The third-order valence-electron chi connectivity index (χ3n) is 5.75. The quantitative estimate of drug-likeness (QED) is 0.392. The summed E-state index contributed by atoms with van der Waals surface area (Å²) in [6.07, 6.45) is 6.78. The van der Waals surface area contributed by atoms with Crippen LogP contribution in [0.5, 0.6) is 0 Å². The molecule has 23 heavy (non-hydrogen) atoms. The molecule has 1 heterocycles. The van der Waals surface area contributed by atoms with Crippen LogP contribution in [0.4, 0.5) is 0 Å². The lowest BCUT2D eigenvalue weighted by Crippen LogP contribution is -2.55. The molecule has 2 fully saturated rings. The highest BCUT2D eigenvalue weighted by Crippen LogP contribution is 2.40. The van der Waals surface area contributed by atoms with Gasteiger partial charge in [0.15, 0.2) is 5.96 Å². The van der Waals surface area contributed by atoms with Gasteiger partial charge in [-0.25, -0.2) is 0 Å². The van der Waals surface area contributed by atoms with E-state index in [9.17, 15) is 0 Å². The Morgan fingerprint density at radius 1 is 1.17 bits per heavy atom. The summed E-state index contributed by atoms with van der Waals surface area (Å²) in [7, 11) is 6.30. The summed E-state index contributed by atoms with van der Waals surface area (Å²) in [5.74, 6) is 0.960. The van der Waals surface area contributed by atoms with E-state index in [2.05, 4.69) is 46.4 Å². The molecule has 1 aliphatic heterocycles. The Labute approximate surface area is 159 Å². The Morgan fingerprint density at radius 3 is 2.48 bits per heavy atom. The molecular formula is C17H36IN5. The van der Waals surface area contributed by atoms with Gasteiger partial charge in [0.1, 0.15) is 0 Å². The Hall–Kier alpha value is -0.0800. The van der Waals surface area contributed by atoms with Crippen LogP contribution in [0.2, 0.25) is 0 Å². The molecule has 1 saturated carbocycles. The first-order chi connectivity index (χ1) is 10.6. The molecule has 6 heteroatoms. The Bertz CT molecular complexity index is 368. The van der Waals surface area contributed by atoms with Crippen LogP contribution in [0.3, 0.4) is 0 Å². The molecule has 1 aliphatic carbocycles. The van der Waals surface area contributed by atoms with Gasteiger partial charge in [0, 0.05) is 45.8 Å². The van der Waals surface area contributed by atoms with Crippen LogP contribution < -0.4 is 10.6 Å². The zero-order chi connectivity index (χ0) is 16.0. The lowest BCUT2D eigenvalue weighted by atomic mass is 9.83. The Balaban J connectivity index is 0.00000264. The molecule has 0 aromatic heterocycles. The van der Waals surface area contributed by atoms with Crippen LogP contribution in [0, 0.1) is 5.41 Å². The molecule has 0 aromatic carbocycles. The summed E-state index contributed by atoms with van der Waals surface area (Å²) in [4.78, 5) is 9.26. The minimum Gasteiger partial charge on any atom is -0.356 e. The average Bonchev–Trinajstić information content (AvgIpc) is 3.00. The fraction of sp³-hybridized carbons (Fsp3) is 0.941. The molecule has 136 valence electrons. The molecule has 2 N–H and O–H groups in total. The molecule has 2 rings (SSSR count). The van der Waals surface area contributed by atoms with Crippen molar-refractivity contribution in [3.8, 4) is 0 Å². The summed E-state index contributed by atoms with van der Waals surface area (Å²) in [5, 5.41) is 7.10. The molecule has 1 atom stereocenters. The fourth-order valence-corrected chi connectivity index (χ4v) is 3.81. The van der Waals surface area contributed by atoms with Crippen molar-refractivity contribution in [2.24, 2.45) is 10.4 Å². The van der Waals surface area contributed by atoms with E-state index in [1.165, 1.54) is 38.6 Å². The van der Waals surface area contributed by atoms with E-state index in [-0.39, 0.29) is 24.0 Å². The maximum atomic E-state index is 4.41. The first-order valence-corrected chi connectivity index (χ1v) is 8.92. The molecule has 1 unspecified atom stereocenters. The SMILES string of the molecule is CCC1(CNC(=NC)NCC2CN(C)CCN2C)CCCC1.I. The molecule has 5 nitrogen and oxygen atoms in total. The van der Waals surface area contributed by atoms with Crippen LogP contribution in [-0.2, 0) is 0 Å². The van der Waals surface area contributed by atoms with E-state index >= 15 is 0 Å². The van der Waals surface area contributed by atoms with Crippen molar-refractivity contribution >= 4 is 29.9 Å². The van der Waals surface area contributed by atoms with Crippen molar-refractivity contribution in [3.63, 3.8) is 0 Å². The standard InChI is InChI=1S/C17H35N5.HI/c1-5-17(8-6-7-9-17)14-20-16(18-2)19-12-15-13-21(3)10-11-22(15)4;/h15H,5-14H2,1-4H3,(H2,18,19,20);1H. The van der Waals surface area contributed by atoms with E-state index in [4.69, 9.17) is 0 Å². The van der Waals surface area contributed by atoms with Gasteiger partial charge in [-0.3, -0.25) is 9.89 Å². The Kier molecular flexibility index (Phi) is 9.15. The van der Waals surface area contributed by atoms with Gasteiger partial charge in [0.2, 0.25) is 0 Å². The van der Waals surface area contributed by atoms with Crippen LogP contribution in [0.25, 0.3) is 0 Å². The minimum atomic E-state index is 0. The number of halogens is 1. The van der Waals surface area contributed by atoms with E-state index in [1.807, 2.05) is 7.05 Å². The van der Waals surface area contributed by atoms with E-state index in [1.54, 1.807) is 0 Å². The van der Waals surface area contributed by atoms with E-state index in [0.29, 0.717) is 11.5 Å². The molecule has 0 radical (unpaired) electrons. The molecule has 1 saturated heterocycles. The van der Waals surface area contributed by atoms with Crippen LogP contribution in [0.15, 0.2) is 4.99 Å². The monoisotopic (exact) mass is 437 g/mol. The number of hydrogen-bond acceptors (Lipinski definition) is 3. The number of nitrogens with zero attached hydrogens (tertiary/aromatic N) is 3. The molecule has 2 aliphatic rings. The van der Waals surface area contributed by atoms with Crippen LogP contribution in [-0.4, -0.2) is 75.7 Å². The lowest BCUT2D eigenvalue weighted by molar-refractivity contribution is 0.116. The summed E-state index contributed by atoms with van der Waals surface area (Å²) in [6, 6.07) is 0.559. The maximum absolute atomic E-state index is 4.41. The first-order valence-electron chi connectivity index (χ1n) is 8.92.